The third-order valence-corrected chi connectivity index (χ3v) is 5.03. The summed E-state index contributed by atoms with van der Waals surface area (Å²) in [6, 6.07) is 13.3. The molecule has 150 valence electrons. The van der Waals surface area contributed by atoms with E-state index in [1.807, 2.05) is 30.3 Å². The Hall–Kier alpha value is -2.15. The van der Waals surface area contributed by atoms with Crippen LogP contribution in [0, 0.1) is 5.82 Å². The molecule has 2 aromatic rings. The van der Waals surface area contributed by atoms with Gasteiger partial charge in [-0.05, 0) is 17.7 Å². The summed E-state index contributed by atoms with van der Waals surface area (Å²) in [7, 11) is 0. The number of benzene rings is 2. The number of nitrogens with zero attached hydrogens (tertiary/aromatic N) is 2. The molecule has 8 heteroatoms. The highest BCUT2D eigenvalue weighted by Crippen LogP contribution is 2.22. The summed E-state index contributed by atoms with van der Waals surface area (Å²) in [4.78, 5) is 28.3. The predicted octanol–water partition coefficient (Wildman–Crippen LogP) is 3.28. The summed E-state index contributed by atoms with van der Waals surface area (Å²) >= 11 is 5.97. The molecule has 0 bridgehead atoms. The van der Waals surface area contributed by atoms with Crippen LogP contribution >= 0.6 is 24.0 Å². The number of hydrogen-bond acceptors (Lipinski definition) is 3. The monoisotopic (exact) mass is 425 g/mol. The molecular formula is C20H22Cl2FN3O2. The smallest absolute Gasteiger partial charge is 0.258 e. The van der Waals surface area contributed by atoms with Gasteiger partial charge in [-0.2, -0.15) is 0 Å². The highest BCUT2D eigenvalue weighted by Gasteiger charge is 2.28. The van der Waals surface area contributed by atoms with Crippen molar-refractivity contribution in [3.8, 4) is 0 Å². The van der Waals surface area contributed by atoms with Gasteiger partial charge in [0.2, 0.25) is 5.91 Å². The fraction of sp³-hybridized carbons (Fsp3) is 0.300. The van der Waals surface area contributed by atoms with E-state index >= 15 is 0 Å². The molecule has 2 amide bonds. The lowest BCUT2D eigenvalue weighted by atomic mass is 10.0. The van der Waals surface area contributed by atoms with Crippen molar-refractivity contribution >= 4 is 35.8 Å². The molecule has 2 aromatic carbocycles. The van der Waals surface area contributed by atoms with E-state index in [0.717, 1.165) is 5.56 Å². The summed E-state index contributed by atoms with van der Waals surface area (Å²) < 4.78 is 14.0. The number of piperazine rings is 1. The topological polar surface area (TPSA) is 66.6 Å². The van der Waals surface area contributed by atoms with Gasteiger partial charge in [0.25, 0.3) is 5.91 Å². The second-order valence-electron chi connectivity index (χ2n) is 6.49. The minimum atomic E-state index is -0.639. The molecule has 0 spiro atoms. The van der Waals surface area contributed by atoms with Crippen LogP contribution in [0.5, 0.6) is 0 Å². The lowest BCUT2D eigenvalue weighted by Crippen LogP contribution is -2.51. The van der Waals surface area contributed by atoms with Gasteiger partial charge in [0.15, 0.2) is 0 Å². The lowest BCUT2D eigenvalue weighted by molar-refractivity contribution is -0.133. The number of rotatable bonds is 4. The maximum Gasteiger partial charge on any atom is 0.258 e. The number of carbonyl (C=O) groups is 2. The Bertz CT molecular complexity index is 807. The standard InChI is InChI=1S/C20H21ClFN3O2.ClH/c21-15-7-4-8-16(22)19(15)20(27)25-11-9-24(10-12-25)18(26)13-17(23)14-5-2-1-3-6-14;/h1-8,17H,9-13,23H2;1H. The number of nitrogens with two attached hydrogens (primary N) is 1. The molecule has 1 atom stereocenters. The average molecular weight is 426 g/mol. The molecule has 0 radical (unpaired) electrons. The van der Waals surface area contributed by atoms with E-state index in [-0.39, 0.29) is 41.4 Å². The molecule has 1 saturated heterocycles. The predicted molar refractivity (Wildman–Crippen MR) is 109 cm³/mol. The maximum absolute atomic E-state index is 14.0. The van der Waals surface area contributed by atoms with E-state index < -0.39 is 11.7 Å². The van der Waals surface area contributed by atoms with E-state index in [1.165, 1.54) is 23.1 Å². The first kappa shape index (κ1) is 22.1. The minimum Gasteiger partial charge on any atom is -0.339 e. The van der Waals surface area contributed by atoms with Gasteiger partial charge in [0, 0.05) is 38.6 Å². The molecule has 0 saturated carbocycles. The largest absolute Gasteiger partial charge is 0.339 e. The van der Waals surface area contributed by atoms with Gasteiger partial charge in [0.05, 0.1) is 10.6 Å². The molecular weight excluding hydrogens is 404 g/mol. The molecule has 0 aromatic heterocycles. The Labute approximate surface area is 174 Å². The number of hydrogen-bond donors (Lipinski definition) is 1. The first-order valence-corrected chi connectivity index (χ1v) is 9.16. The Morgan fingerprint density at radius 1 is 1.00 bits per heavy atom. The van der Waals surface area contributed by atoms with E-state index in [4.69, 9.17) is 17.3 Å². The van der Waals surface area contributed by atoms with Gasteiger partial charge in [-0.25, -0.2) is 4.39 Å². The van der Waals surface area contributed by atoms with Crippen molar-refractivity contribution < 1.29 is 14.0 Å². The van der Waals surface area contributed by atoms with Crippen LogP contribution in [0.25, 0.3) is 0 Å². The van der Waals surface area contributed by atoms with Gasteiger partial charge < -0.3 is 15.5 Å². The summed E-state index contributed by atoms with van der Waals surface area (Å²) in [5.41, 5.74) is 6.91. The Kier molecular flexibility index (Phi) is 7.80. The fourth-order valence-electron chi connectivity index (χ4n) is 3.15. The quantitative estimate of drug-likeness (QED) is 0.816. The molecule has 1 heterocycles. The third kappa shape index (κ3) is 5.01. The molecule has 2 N–H and O–H groups in total. The average Bonchev–Trinajstić information content (AvgIpc) is 2.68. The van der Waals surface area contributed by atoms with Crippen molar-refractivity contribution in [2.45, 2.75) is 12.5 Å². The van der Waals surface area contributed by atoms with Crippen molar-refractivity contribution in [3.05, 3.63) is 70.5 Å². The van der Waals surface area contributed by atoms with Crippen LogP contribution in [0.4, 0.5) is 4.39 Å². The van der Waals surface area contributed by atoms with Crippen LogP contribution in [0.2, 0.25) is 5.02 Å². The molecule has 1 fully saturated rings. The van der Waals surface area contributed by atoms with Gasteiger partial charge in [-0.15, -0.1) is 12.4 Å². The van der Waals surface area contributed by atoms with Crippen LogP contribution in [0.1, 0.15) is 28.4 Å². The third-order valence-electron chi connectivity index (χ3n) is 4.72. The molecule has 1 aliphatic rings. The second kappa shape index (κ2) is 9.87. The van der Waals surface area contributed by atoms with Crippen LogP contribution in [0.3, 0.4) is 0 Å². The SMILES string of the molecule is Cl.NC(CC(=O)N1CCN(C(=O)c2c(F)cccc2Cl)CC1)c1ccccc1. The van der Waals surface area contributed by atoms with Crippen molar-refractivity contribution in [2.24, 2.45) is 5.73 Å². The molecule has 1 unspecified atom stereocenters. The lowest BCUT2D eigenvalue weighted by Gasteiger charge is -2.35. The van der Waals surface area contributed by atoms with Crippen LogP contribution in [-0.2, 0) is 4.79 Å². The number of halogens is 3. The molecule has 28 heavy (non-hydrogen) atoms. The molecule has 0 aliphatic carbocycles. The zero-order valence-electron chi connectivity index (χ0n) is 15.2. The van der Waals surface area contributed by atoms with Gasteiger partial charge in [-0.3, -0.25) is 9.59 Å². The Morgan fingerprint density at radius 3 is 2.21 bits per heavy atom. The van der Waals surface area contributed by atoms with Crippen LogP contribution in [-0.4, -0.2) is 47.8 Å². The van der Waals surface area contributed by atoms with Crippen LogP contribution in [0.15, 0.2) is 48.5 Å². The molecule has 5 nitrogen and oxygen atoms in total. The van der Waals surface area contributed by atoms with E-state index in [9.17, 15) is 14.0 Å². The Balaban J connectivity index is 0.00000280. The van der Waals surface area contributed by atoms with E-state index in [2.05, 4.69) is 0 Å². The number of amides is 2. The van der Waals surface area contributed by atoms with Gasteiger partial charge in [-0.1, -0.05) is 48.0 Å². The fourth-order valence-corrected chi connectivity index (χ4v) is 3.40. The van der Waals surface area contributed by atoms with Gasteiger partial charge >= 0.3 is 0 Å². The Morgan fingerprint density at radius 2 is 1.61 bits per heavy atom. The summed E-state index contributed by atoms with van der Waals surface area (Å²) in [5, 5.41) is 0.0901. The van der Waals surface area contributed by atoms with Crippen molar-refractivity contribution in [1.82, 2.24) is 9.80 Å². The summed E-state index contributed by atoms with van der Waals surface area (Å²) in [6.45, 7) is 1.43. The first-order valence-electron chi connectivity index (χ1n) is 8.79. The molecule has 1 aliphatic heterocycles. The maximum atomic E-state index is 14.0. The first-order chi connectivity index (χ1) is 13.0. The highest BCUT2D eigenvalue weighted by molar-refractivity contribution is 6.33. The summed E-state index contributed by atoms with van der Waals surface area (Å²) in [5.74, 6) is -1.14. The number of carbonyl (C=O) groups excluding carboxylic acids is 2. The van der Waals surface area contributed by atoms with E-state index in [0.29, 0.717) is 26.2 Å². The normalized spacial score (nSPS) is 15.0. The molecule has 3 rings (SSSR count). The minimum absolute atomic E-state index is 0. The zero-order valence-corrected chi connectivity index (χ0v) is 16.8. The van der Waals surface area contributed by atoms with Crippen molar-refractivity contribution in [1.29, 1.82) is 0 Å². The highest BCUT2D eigenvalue weighted by atomic mass is 35.5. The van der Waals surface area contributed by atoms with Gasteiger partial charge in [0.1, 0.15) is 5.82 Å². The van der Waals surface area contributed by atoms with Crippen LogP contribution < -0.4 is 5.73 Å². The van der Waals surface area contributed by atoms with Crippen molar-refractivity contribution in [3.63, 3.8) is 0 Å². The zero-order chi connectivity index (χ0) is 19.4. The van der Waals surface area contributed by atoms with E-state index in [1.54, 1.807) is 4.90 Å². The van der Waals surface area contributed by atoms with Crippen molar-refractivity contribution in [2.75, 3.05) is 26.2 Å². The summed E-state index contributed by atoms with van der Waals surface area (Å²) in [6.07, 6.45) is 0.205. The second-order valence-corrected chi connectivity index (χ2v) is 6.90.